The second kappa shape index (κ2) is 11.6. The second-order valence-corrected chi connectivity index (χ2v) is 7.70. The first-order valence-electron chi connectivity index (χ1n) is 10.6. The summed E-state index contributed by atoms with van der Waals surface area (Å²) in [4.78, 5) is 12.8. The quantitative estimate of drug-likeness (QED) is 0.443. The van der Waals surface area contributed by atoms with Gasteiger partial charge in [-0.25, -0.2) is 4.98 Å². The zero-order valence-electron chi connectivity index (χ0n) is 17.7. The van der Waals surface area contributed by atoms with E-state index in [2.05, 4.69) is 25.6 Å². The van der Waals surface area contributed by atoms with Gasteiger partial charge in [0.25, 0.3) is 0 Å². The number of aromatic nitrogens is 3. The van der Waals surface area contributed by atoms with E-state index in [1.54, 1.807) is 24.5 Å². The molecule has 2 aromatic heterocycles. The van der Waals surface area contributed by atoms with Crippen molar-refractivity contribution in [1.82, 2.24) is 20.3 Å². The first-order valence-corrected chi connectivity index (χ1v) is 11.0. The minimum absolute atomic E-state index is 0.252. The number of ether oxygens (including phenoxy) is 3. The van der Waals surface area contributed by atoms with Crippen LogP contribution in [0.4, 0.5) is 11.5 Å². The first-order chi connectivity index (χ1) is 15.8. The van der Waals surface area contributed by atoms with E-state index in [4.69, 9.17) is 25.8 Å². The zero-order valence-corrected chi connectivity index (χ0v) is 18.4. The molecule has 1 unspecified atom stereocenters. The van der Waals surface area contributed by atoms with Gasteiger partial charge in [-0.3, -0.25) is 4.98 Å². The molecule has 0 radical (unpaired) electrons. The van der Waals surface area contributed by atoms with E-state index in [1.807, 2.05) is 30.3 Å². The molecule has 3 aromatic rings. The molecule has 1 aliphatic rings. The molecule has 1 saturated heterocycles. The molecule has 168 valence electrons. The van der Waals surface area contributed by atoms with Gasteiger partial charge in [-0.05, 0) is 49.2 Å². The number of morpholine rings is 1. The smallest absolute Gasteiger partial charge is 0.318 e. The van der Waals surface area contributed by atoms with E-state index < -0.39 is 0 Å². The molecule has 9 heteroatoms. The number of nitrogens with zero attached hydrogens (tertiary/aromatic N) is 3. The number of anilines is 2. The average Bonchev–Trinajstić information content (AvgIpc) is 2.83. The number of pyridine rings is 1. The van der Waals surface area contributed by atoms with Crippen LogP contribution in [0.25, 0.3) is 0 Å². The summed E-state index contributed by atoms with van der Waals surface area (Å²) >= 11 is 6.38. The monoisotopic (exact) mass is 455 g/mol. The van der Waals surface area contributed by atoms with Crippen molar-refractivity contribution in [2.24, 2.45) is 0 Å². The summed E-state index contributed by atoms with van der Waals surface area (Å²) in [6.45, 7) is 3.47. The van der Waals surface area contributed by atoms with Crippen LogP contribution < -0.4 is 20.1 Å². The number of nitrogens with one attached hydrogen (secondary N) is 2. The Morgan fingerprint density at radius 1 is 1.12 bits per heavy atom. The molecule has 8 nitrogen and oxygen atoms in total. The van der Waals surface area contributed by atoms with Gasteiger partial charge in [0.1, 0.15) is 18.2 Å². The van der Waals surface area contributed by atoms with Crippen molar-refractivity contribution in [3.63, 3.8) is 0 Å². The van der Waals surface area contributed by atoms with Crippen LogP contribution in [0.15, 0.2) is 54.9 Å². The van der Waals surface area contributed by atoms with Crippen LogP contribution in [0.5, 0.6) is 11.8 Å². The SMILES string of the molecule is Clc1cc(Nc2ccnc(OCCCC3CNCCO3)n2)ccc1OCc1ccccn1. The van der Waals surface area contributed by atoms with Gasteiger partial charge in [-0.1, -0.05) is 17.7 Å². The van der Waals surface area contributed by atoms with Gasteiger partial charge < -0.3 is 24.8 Å². The van der Waals surface area contributed by atoms with E-state index in [1.165, 1.54) is 0 Å². The number of halogens is 1. The molecular formula is C23H26ClN5O3. The summed E-state index contributed by atoms with van der Waals surface area (Å²) in [5.41, 5.74) is 1.62. The predicted molar refractivity (Wildman–Crippen MR) is 123 cm³/mol. The van der Waals surface area contributed by atoms with E-state index in [0.717, 1.165) is 43.9 Å². The predicted octanol–water partition coefficient (Wildman–Crippen LogP) is 4.00. The Morgan fingerprint density at radius 2 is 2.09 bits per heavy atom. The molecular weight excluding hydrogens is 430 g/mol. The second-order valence-electron chi connectivity index (χ2n) is 7.29. The number of hydrogen-bond donors (Lipinski definition) is 2. The zero-order chi connectivity index (χ0) is 22.0. The Bertz CT molecular complexity index is 986. The van der Waals surface area contributed by atoms with Gasteiger partial charge in [0.2, 0.25) is 0 Å². The van der Waals surface area contributed by atoms with Gasteiger partial charge in [0.05, 0.1) is 30.0 Å². The Kier molecular flexibility index (Phi) is 8.08. The third-order valence-corrected chi connectivity index (χ3v) is 5.14. The molecule has 32 heavy (non-hydrogen) atoms. The molecule has 0 spiro atoms. The summed E-state index contributed by atoms with van der Waals surface area (Å²) in [7, 11) is 0. The van der Waals surface area contributed by atoms with Crippen LogP contribution in [0.3, 0.4) is 0 Å². The third kappa shape index (κ3) is 6.78. The van der Waals surface area contributed by atoms with E-state index in [0.29, 0.717) is 35.8 Å². The highest BCUT2D eigenvalue weighted by molar-refractivity contribution is 6.32. The molecule has 3 heterocycles. The summed E-state index contributed by atoms with van der Waals surface area (Å²) < 4.78 is 17.2. The molecule has 1 aliphatic heterocycles. The molecule has 1 fully saturated rings. The highest BCUT2D eigenvalue weighted by atomic mass is 35.5. The van der Waals surface area contributed by atoms with Crippen molar-refractivity contribution in [3.05, 3.63) is 65.6 Å². The Hall–Kier alpha value is -2.94. The minimum atomic E-state index is 0.252. The average molecular weight is 456 g/mol. The Balaban J connectivity index is 1.26. The summed E-state index contributed by atoms with van der Waals surface area (Å²) in [5, 5.41) is 7.04. The lowest BCUT2D eigenvalue weighted by atomic mass is 10.2. The summed E-state index contributed by atoms with van der Waals surface area (Å²) in [6.07, 6.45) is 5.46. The number of rotatable bonds is 10. The maximum absolute atomic E-state index is 6.38. The fourth-order valence-corrected chi connectivity index (χ4v) is 3.47. The van der Waals surface area contributed by atoms with Gasteiger partial charge >= 0.3 is 6.01 Å². The van der Waals surface area contributed by atoms with Crippen molar-refractivity contribution in [3.8, 4) is 11.8 Å². The standard InChI is InChI=1S/C23H26ClN5O3/c24-20-14-17(6-7-21(20)32-16-18-4-1-2-9-26-18)28-22-8-10-27-23(29-22)31-12-3-5-19-15-25-11-13-30-19/h1-2,4,6-10,14,19,25H,3,5,11-13,15-16H2,(H,27,28,29). The lowest BCUT2D eigenvalue weighted by molar-refractivity contribution is 0.0202. The Labute approximate surface area is 192 Å². The van der Waals surface area contributed by atoms with Gasteiger partial charge in [0.15, 0.2) is 0 Å². The topological polar surface area (TPSA) is 90.4 Å². The van der Waals surface area contributed by atoms with Crippen molar-refractivity contribution >= 4 is 23.1 Å². The molecule has 0 saturated carbocycles. The first kappa shape index (κ1) is 22.3. The van der Waals surface area contributed by atoms with Crippen molar-refractivity contribution in [2.45, 2.75) is 25.6 Å². The maximum Gasteiger partial charge on any atom is 0.318 e. The van der Waals surface area contributed by atoms with Crippen molar-refractivity contribution < 1.29 is 14.2 Å². The van der Waals surface area contributed by atoms with Crippen LogP contribution in [0.1, 0.15) is 18.5 Å². The molecule has 1 aromatic carbocycles. The molecule has 0 amide bonds. The van der Waals surface area contributed by atoms with Crippen LogP contribution in [-0.4, -0.2) is 47.4 Å². The number of benzene rings is 1. The van der Waals surface area contributed by atoms with E-state index in [-0.39, 0.29) is 6.10 Å². The Morgan fingerprint density at radius 3 is 2.91 bits per heavy atom. The fourth-order valence-electron chi connectivity index (χ4n) is 3.24. The highest BCUT2D eigenvalue weighted by Crippen LogP contribution is 2.29. The van der Waals surface area contributed by atoms with Crippen molar-refractivity contribution in [2.75, 3.05) is 31.6 Å². The lowest BCUT2D eigenvalue weighted by Crippen LogP contribution is -2.38. The molecule has 0 aliphatic carbocycles. The number of hydrogen-bond acceptors (Lipinski definition) is 8. The largest absolute Gasteiger partial charge is 0.486 e. The van der Waals surface area contributed by atoms with E-state index in [9.17, 15) is 0 Å². The van der Waals surface area contributed by atoms with Crippen LogP contribution in [-0.2, 0) is 11.3 Å². The van der Waals surface area contributed by atoms with E-state index >= 15 is 0 Å². The summed E-state index contributed by atoms with van der Waals surface area (Å²) in [6, 6.07) is 13.3. The van der Waals surface area contributed by atoms with Crippen LogP contribution in [0, 0.1) is 0 Å². The van der Waals surface area contributed by atoms with Gasteiger partial charge in [-0.15, -0.1) is 0 Å². The third-order valence-electron chi connectivity index (χ3n) is 4.85. The van der Waals surface area contributed by atoms with Crippen LogP contribution >= 0.6 is 11.6 Å². The lowest BCUT2D eigenvalue weighted by Gasteiger charge is -2.23. The van der Waals surface area contributed by atoms with Crippen molar-refractivity contribution in [1.29, 1.82) is 0 Å². The molecule has 2 N–H and O–H groups in total. The highest BCUT2D eigenvalue weighted by Gasteiger charge is 2.13. The van der Waals surface area contributed by atoms with Gasteiger partial charge in [-0.2, -0.15) is 4.98 Å². The molecule has 1 atom stereocenters. The normalized spacial score (nSPS) is 15.8. The minimum Gasteiger partial charge on any atom is -0.486 e. The van der Waals surface area contributed by atoms with Gasteiger partial charge in [0, 0.05) is 31.2 Å². The molecule has 0 bridgehead atoms. The molecule has 4 rings (SSSR count). The summed E-state index contributed by atoms with van der Waals surface area (Å²) in [5.74, 6) is 1.21. The fraction of sp³-hybridized carbons (Fsp3) is 0.348. The van der Waals surface area contributed by atoms with Crippen LogP contribution in [0.2, 0.25) is 5.02 Å². The maximum atomic E-state index is 6.38.